The Morgan fingerprint density at radius 3 is 2.75 bits per heavy atom. The average Bonchev–Trinajstić information content (AvgIpc) is 3.00. The predicted octanol–water partition coefficient (Wildman–Crippen LogP) is 1.05. The molecular weight excluding hydrogens is 312 g/mol. The number of hydrogen-bond donors (Lipinski definition) is 0. The van der Waals surface area contributed by atoms with E-state index in [1.165, 1.54) is 18.2 Å². The number of rotatable bonds is 3. The zero-order valence-electron chi connectivity index (χ0n) is 12.9. The van der Waals surface area contributed by atoms with Crippen molar-refractivity contribution in [1.29, 1.82) is 5.26 Å². The van der Waals surface area contributed by atoms with Crippen molar-refractivity contribution in [2.75, 3.05) is 29.4 Å². The highest BCUT2D eigenvalue weighted by Gasteiger charge is 2.27. The fraction of sp³-hybridized carbons (Fsp3) is 0.267. The maximum atomic E-state index is 12.4. The van der Waals surface area contributed by atoms with Crippen LogP contribution in [0.15, 0.2) is 30.6 Å². The third-order valence-electron chi connectivity index (χ3n) is 3.88. The van der Waals surface area contributed by atoms with Crippen molar-refractivity contribution in [2.45, 2.75) is 0 Å². The van der Waals surface area contributed by atoms with Crippen LogP contribution in [0.4, 0.5) is 17.1 Å². The van der Waals surface area contributed by atoms with Crippen LogP contribution in [-0.4, -0.2) is 40.2 Å². The van der Waals surface area contributed by atoms with Crippen LogP contribution >= 0.6 is 0 Å². The summed E-state index contributed by atoms with van der Waals surface area (Å²) in [4.78, 5) is 26.1. The van der Waals surface area contributed by atoms with Crippen molar-refractivity contribution in [2.24, 2.45) is 7.05 Å². The first-order valence-electron chi connectivity index (χ1n) is 7.22. The second-order valence-electron chi connectivity index (χ2n) is 5.41. The number of piperazine rings is 1. The maximum Gasteiger partial charge on any atom is 0.270 e. The van der Waals surface area contributed by atoms with Gasteiger partial charge in [0.05, 0.1) is 34.6 Å². The maximum absolute atomic E-state index is 12.4. The number of hydrogen-bond acceptors (Lipinski definition) is 6. The molecule has 3 rings (SSSR count). The minimum Gasteiger partial charge on any atom is -0.359 e. The molecular formula is C15H14N6O3. The number of non-ortho nitro benzene ring substituents is 1. The molecule has 2 heterocycles. The summed E-state index contributed by atoms with van der Waals surface area (Å²) in [5.41, 5.74) is 1.30. The van der Waals surface area contributed by atoms with Crippen molar-refractivity contribution in [3.05, 3.63) is 46.3 Å². The topological polar surface area (TPSA) is 108 Å². The molecule has 0 aliphatic carbocycles. The van der Waals surface area contributed by atoms with E-state index in [2.05, 4.69) is 5.10 Å². The summed E-state index contributed by atoms with van der Waals surface area (Å²) in [7, 11) is 1.78. The molecule has 9 heteroatoms. The highest BCUT2D eigenvalue weighted by molar-refractivity contribution is 5.97. The summed E-state index contributed by atoms with van der Waals surface area (Å²) >= 11 is 0. The molecule has 0 bridgehead atoms. The Bertz CT molecular complexity index is 853. The lowest BCUT2D eigenvalue weighted by Crippen LogP contribution is -2.50. The number of carbonyl (C=O) groups excluding carboxylic acids is 1. The molecule has 1 aliphatic rings. The molecule has 0 spiro atoms. The molecule has 0 atom stereocenters. The Morgan fingerprint density at radius 2 is 2.17 bits per heavy atom. The third-order valence-corrected chi connectivity index (χ3v) is 3.88. The largest absolute Gasteiger partial charge is 0.359 e. The van der Waals surface area contributed by atoms with Crippen LogP contribution in [0.2, 0.25) is 0 Å². The molecule has 0 N–H and O–H groups in total. The summed E-state index contributed by atoms with van der Waals surface area (Å²) in [6.45, 7) is 1.07. The van der Waals surface area contributed by atoms with Gasteiger partial charge in [0.15, 0.2) is 0 Å². The monoisotopic (exact) mass is 326 g/mol. The Balaban J connectivity index is 1.82. The van der Waals surface area contributed by atoms with Gasteiger partial charge in [-0.1, -0.05) is 0 Å². The van der Waals surface area contributed by atoms with E-state index in [0.717, 1.165) is 5.69 Å². The predicted molar refractivity (Wildman–Crippen MR) is 85.6 cm³/mol. The minimum atomic E-state index is -0.546. The van der Waals surface area contributed by atoms with Crippen LogP contribution in [0.25, 0.3) is 0 Å². The highest BCUT2D eigenvalue weighted by Crippen LogP contribution is 2.27. The second kappa shape index (κ2) is 6.00. The zero-order chi connectivity index (χ0) is 17.3. The van der Waals surface area contributed by atoms with Gasteiger partial charge >= 0.3 is 0 Å². The van der Waals surface area contributed by atoms with Gasteiger partial charge in [-0.2, -0.15) is 10.4 Å². The van der Waals surface area contributed by atoms with Crippen molar-refractivity contribution >= 4 is 23.0 Å². The summed E-state index contributed by atoms with van der Waals surface area (Å²) in [6.07, 6.45) is 3.39. The van der Waals surface area contributed by atoms with E-state index >= 15 is 0 Å². The summed E-state index contributed by atoms with van der Waals surface area (Å²) in [5.74, 6) is -0.114. The van der Waals surface area contributed by atoms with E-state index in [4.69, 9.17) is 0 Å². The van der Waals surface area contributed by atoms with Gasteiger partial charge in [-0.15, -0.1) is 0 Å². The molecule has 24 heavy (non-hydrogen) atoms. The van der Waals surface area contributed by atoms with Crippen molar-refractivity contribution in [1.82, 2.24) is 9.78 Å². The number of aryl methyl sites for hydroxylation is 1. The number of aromatic nitrogens is 2. The minimum absolute atomic E-state index is 0.0986. The van der Waals surface area contributed by atoms with Gasteiger partial charge in [0, 0.05) is 38.5 Å². The smallest absolute Gasteiger partial charge is 0.270 e. The lowest BCUT2D eigenvalue weighted by molar-refractivity contribution is -0.384. The number of nitrogens with zero attached hydrogens (tertiary/aromatic N) is 6. The van der Waals surface area contributed by atoms with Gasteiger partial charge in [0.2, 0.25) is 5.91 Å². The number of amides is 1. The number of nitriles is 1. The molecule has 0 unspecified atom stereocenters. The number of carbonyl (C=O) groups is 1. The van der Waals surface area contributed by atoms with E-state index < -0.39 is 4.92 Å². The van der Waals surface area contributed by atoms with E-state index in [1.807, 2.05) is 6.07 Å². The molecule has 1 amide bonds. The zero-order valence-corrected chi connectivity index (χ0v) is 12.9. The van der Waals surface area contributed by atoms with Gasteiger partial charge in [-0.25, -0.2) is 0 Å². The fourth-order valence-corrected chi connectivity index (χ4v) is 2.70. The van der Waals surface area contributed by atoms with Crippen LogP contribution in [0.3, 0.4) is 0 Å². The average molecular weight is 326 g/mol. The first-order valence-corrected chi connectivity index (χ1v) is 7.22. The molecule has 1 fully saturated rings. The van der Waals surface area contributed by atoms with Crippen LogP contribution in [0.5, 0.6) is 0 Å². The van der Waals surface area contributed by atoms with E-state index in [1.54, 1.807) is 33.9 Å². The number of benzene rings is 1. The summed E-state index contributed by atoms with van der Waals surface area (Å²) in [6, 6.07) is 6.05. The first kappa shape index (κ1) is 15.5. The van der Waals surface area contributed by atoms with Crippen molar-refractivity contribution < 1.29 is 9.72 Å². The molecule has 1 saturated heterocycles. The van der Waals surface area contributed by atoms with Crippen LogP contribution < -0.4 is 9.80 Å². The lowest BCUT2D eigenvalue weighted by atomic mass is 10.1. The standard InChI is InChI=1S/C15H14N6O3/c1-18-9-13(8-17-18)20-5-4-19(10-15(20)22)14-3-2-12(21(23)24)6-11(14)7-16/h2-3,6,8-9H,4-5,10H2,1H3. The molecule has 9 nitrogen and oxygen atoms in total. The number of nitro groups is 1. The Morgan fingerprint density at radius 1 is 1.38 bits per heavy atom. The highest BCUT2D eigenvalue weighted by atomic mass is 16.6. The van der Waals surface area contributed by atoms with Gasteiger partial charge < -0.3 is 9.80 Å². The van der Waals surface area contributed by atoms with Crippen molar-refractivity contribution in [3.63, 3.8) is 0 Å². The Labute approximate surface area is 137 Å². The number of nitro benzene ring substituents is 1. The Hall–Kier alpha value is -3.41. The van der Waals surface area contributed by atoms with Crippen LogP contribution in [0, 0.1) is 21.4 Å². The van der Waals surface area contributed by atoms with Crippen LogP contribution in [-0.2, 0) is 11.8 Å². The fourth-order valence-electron chi connectivity index (χ4n) is 2.70. The molecule has 1 aromatic heterocycles. The molecule has 1 aromatic carbocycles. The second-order valence-corrected chi connectivity index (χ2v) is 5.41. The SMILES string of the molecule is Cn1cc(N2CCN(c3ccc([N+](=O)[O-])cc3C#N)CC2=O)cn1. The summed E-state index contributed by atoms with van der Waals surface area (Å²) < 4.78 is 1.62. The van der Waals surface area contributed by atoms with Gasteiger partial charge in [-0.05, 0) is 6.07 Å². The molecule has 122 valence electrons. The van der Waals surface area contributed by atoms with Gasteiger partial charge in [0.1, 0.15) is 6.07 Å². The first-order chi connectivity index (χ1) is 11.5. The quantitative estimate of drug-likeness (QED) is 0.616. The Kier molecular flexibility index (Phi) is 3.87. The molecule has 0 radical (unpaired) electrons. The van der Waals surface area contributed by atoms with Crippen LogP contribution in [0.1, 0.15) is 5.56 Å². The van der Waals surface area contributed by atoms with E-state index in [9.17, 15) is 20.2 Å². The molecule has 2 aromatic rings. The van der Waals surface area contributed by atoms with Gasteiger partial charge in [0.25, 0.3) is 5.69 Å². The third kappa shape index (κ3) is 2.77. The van der Waals surface area contributed by atoms with Crippen molar-refractivity contribution in [3.8, 4) is 6.07 Å². The number of anilines is 2. The molecule has 1 aliphatic heterocycles. The summed E-state index contributed by atoms with van der Waals surface area (Å²) in [5, 5.41) is 24.1. The normalized spacial score (nSPS) is 14.6. The van der Waals surface area contributed by atoms with Gasteiger partial charge in [-0.3, -0.25) is 19.6 Å². The van der Waals surface area contributed by atoms with E-state index in [0.29, 0.717) is 18.8 Å². The lowest BCUT2D eigenvalue weighted by Gasteiger charge is -2.35. The molecule has 0 saturated carbocycles. The van der Waals surface area contributed by atoms with E-state index in [-0.39, 0.29) is 23.7 Å².